The zero-order valence-electron chi connectivity index (χ0n) is 20.5. The fourth-order valence-electron chi connectivity index (χ4n) is 5.80. The molecule has 184 valence electrons. The van der Waals surface area contributed by atoms with Gasteiger partial charge in [-0.3, -0.25) is 10.1 Å². The lowest BCUT2D eigenvalue weighted by Gasteiger charge is -2.44. The van der Waals surface area contributed by atoms with E-state index in [4.69, 9.17) is 15.2 Å². The number of rotatable bonds is 8. The van der Waals surface area contributed by atoms with E-state index in [9.17, 15) is 9.59 Å². The van der Waals surface area contributed by atoms with Gasteiger partial charge in [-0.25, -0.2) is 4.79 Å². The number of methoxy groups -OCH3 is 1. The second kappa shape index (κ2) is 11.3. The van der Waals surface area contributed by atoms with Gasteiger partial charge in [0.2, 0.25) is 5.91 Å². The molecule has 2 fully saturated rings. The smallest absolute Gasteiger partial charge is 0.414 e. The van der Waals surface area contributed by atoms with Gasteiger partial charge in [-0.2, -0.15) is 0 Å². The molecule has 0 spiro atoms. The molecule has 0 heterocycles. The predicted octanol–water partition coefficient (Wildman–Crippen LogP) is 4.19. The monoisotopic (exact) mass is 459 g/mol. The first-order valence-electron chi connectivity index (χ1n) is 12.3. The highest BCUT2D eigenvalue weighted by atomic mass is 16.6. The average Bonchev–Trinajstić information content (AvgIpc) is 2.80. The van der Waals surface area contributed by atoms with Crippen LogP contribution < -0.4 is 15.8 Å². The summed E-state index contributed by atoms with van der Waals surface area (Å²) in [5, 5.41) is 2.53. The molecule has 0 saturated heterocycles. The van der Waals surface area contributed by atoms with E-state index in [0.29, 0.717) is 13.0 Å². The van der Waals surface area contributed by atoms with Gasteiger partial charge < -0.3 is 20.1 Å². The van der Waals surface area contributed by atoms with Crippen molar-refractivity contribution >= 4 is 12.0 Å². The van der Waals surface area contributed by atoms with Crippen molar-refractivity contribution in [2.75, 3.05) is 34.3 Å². The van der Waals surface area contributed by atoms with Crippen molar-refractivity contribution in [1.82, 2.24) is 10.2 Å². The van der Waals surface area contributed by atoms with Gasteiger partial charge in [-0.05, 0) is 75.9 Å². The molecule has 2 aliphatic carbocycles. The Bertz CT molecular complexity index is 806. The van der Waals surface area contributed by atoms with Crippen LogP contribution >= 0.6 is 0 Å². The Labute approximate surface area is 198 Å². The van der Waals surface area contributed by atoms with E-state index in [0.717, 1.165) is 62.8 Å². The third-order valence-electron chi connectivity index (χ3n) is 7.55. The maximum absolute atomic E-state index is 13.1. The van der Waals surface area contributed by atoms with Gasteiger partial charge in [0, 0.05) is 18.9 Å². The molecule has 2 unspecified atom stereocenters. The molecular formula is C26H41N3O4. The maximum atomic E-state index is 13.1. The first-order chi connectivity index (χ1) is 15.8. The molecule has 0 radical (unpaired) electrons. The molecule has 2 saturated carbocycles. The van der Waals surface area contributed by atoms with E-state index in [1.807, 2.05) is 38.4 Å². The second-order valence-corrected chi connectivity index (χ2v) is 10.2. The van der Waals surface area contributed by atoms with Crippen LogP contribution in [0.15, 0.2) is 24.3 Å². The van der Waals surface area contributed by atoms with Crippen molar-refractivity contribution in [2.24, 2.45) is 17.1 Å². The number of benzene rings is 1. The molecule has 2 atom stereocenters. The summed E-state index contributed by atoms with van der Waals surface area (Å²) < 4.78 is 11.7. The van der Waals surface area contributed by atoms with Gasteiger partial charge >= 0.3 is 6.09 Å². The molecule has 3 rings (SSSR count). The van der Waals surface area contributed by atoms with E-state index >= 15 is 0 Å². The highest BCUT2D eigenvalue weighted by Crippen LogP contribution is 2.46. The van der Waals surface area contributed by atoms with Crippen molar-refractivity contribution in [3.8, 4) is 5.75 Å². The summed E-state index contributed by atoms with van der Waals surface area (Å²) in [5.41, 5.74) is 5.95. The van der Waals surface area contributed by atoms with Gasteiger partial charge in [0.05, 0.1) is 7.11 Å². The number of ether oxygens (including phenoxy) is 2. The van der Waals surface area contributed by atoms with Gasteiger partial charge in [0.25, 0.3) is 0 Å². The van der Waals surface area contributed by atoms with Crippen LogP contribution in [0.1, 0.15) is 69.8 Å². The van der Waals surface area contributed by atoms with E-state index in [1.165, 1.54) is 6.42 Å². The highest BCUT2D eigenvalue weighted by Gasteiger charge is 2.46. The molecule has 33 heavy (non-hydrogen) atoms. The summed E-state index contributed by atoms with van der Waals surface area (Å²) in [5.74, 6) is 0.541. The van der Waals surface area contributed by atoms with Crippen LogP contribution in [0.5, 0.6) is 5.75 Å². The minimum atomic E-state index is -0.808. The molecule has 0 aliphatic heterocycles. The molecule has 2 amide bonds. The normalized spacial score (nSPS) is 24.8. The predicted molar refractivity (Wildman–Crippen MR) is 129 cm³/mol. The van der Waals surface area contributed by atoms with Crippen LogP contribution in [0.2, 0.25) is 0 Å². The highest BCUT2D eigenvalue weighted by molar-refractivity contribution is 5.92. The fourth-order valence-corrected chi connectivity index (χ4v) is 5.80. The summed E-state index contributed by atoms with van der Waals surface area (Å²) in [6.45, 7) is 1.25. The number of nitrogens with zero attached hydrogens (tertiary/aromatic N) is 1. The second-order valence-electron chi connectivity index (χ2n) is 10.2. The number of imide groups is 1. The molecule has 2 aliphatic rings. The number of nitrogens with two attached hydrogens (primary N) is 1. The average molecular weight is 460 g/mol. The Kier molecular flexibility index (Phi) is 8.76. The number of alkyl carbamates (subject to hydrolysis) is 1. The Morgan fingerprint density at radius 1 is 1.12 bits per heavy atom. The lowest BCUT2D eigenvalue weighted by atomic mass is 9.71. The van der Waals surface area contributed by atoms with Crippen LogP contribution in [0.4, 0.5) is 4.79 Å². The summed E-state index contributed by atoms with van der Waals surface area (Å²) in [7, 11) is 5.70. The SMILES string of the molecule is COc1cccc(C2(OC(=O)NC(=O)CC3(CN)CCCCC3)CCCCC2CN(C)C)c1. The van der Waals surface area contributed by atoms with Gasteiger partial charge in [-0.15, -0.1) is 0 Å². The summed E-state index contributed by atoms with van der Waals surface area (Å²) >= 11 is 0. The molecule has 7 heteroatoms. The molecule has 3 N–H and O–H groups in total. The Hall–Kier alpha value is -2.12. The van der Waals surface area contributed by atoms with Crippen molar-refractivity contribution in [2.45, 2.75) is 69.8 Å². The van der Waals surface area contributed by atoms with Crippen LogP contribution in [0, 0.1) is 11.3 Å². The standard InChI is InChI=1S/C26H41N3O4/c1-29(2)18-21-10-5-8-15-26(21,20-11-9-12-22(16-20)32-3)33-24(31)28-23(30)17-25(19-27)13-6-4-7-14-25/h9,11-12,16,21H,4-8,10,13-15,17-19,27H2,1-3H3,(H,28,30,31). The number of hydrogen-bond donors (Lipinski definition) is 2. The molecule has 1 aromatic carbocycles. The molecule has 7 nitrogen and oxygen atoms in total. The first kappa shape index (κ1) is 25.5. The Balaban J connectivity index is 1.80. The van der Waals surface area contributed by atoms with Crippen LogP contribution in [0.3, 0.4) is 0 Å². The zero-order chi connectivity index (χ0) is 23.9. The molecular weight excluding hydrogens is 418 g/mol. The lowest BCUT2D eigenvalue weighted by molar-refractivity contribution is -0.124. The topological polar surface area (TPSA) is 93.9 Å². The largest absolute Gasteiger partial charge is 0.497 e. The number of amides is 2. The molecule has 1 aromatic rings. The van der Waals surface area contributed by atoms with E-state index in [2.05, 4.69) is 10.2 Å². The van der Waals surface area contributed by atoms with Crippen molar-refractivity contribution < 1.29 is 19.1 Å². The summed E-state index contributed by atoms with van der Waals surface area (Å²) in [4.78, 5) is 28.1. The van der Waals surface area contributed by atoms with Gasteiger partial charge in [-0.1, -0.05) is 37.8 Å². The van der Waals surface area contributed by atoms with Crippen LogP contribution in [-0.4, -0.2) is 51.2 Å². The van der Waals surface area contributed by atoms with E-state index in [-0.39, 0.29) is 23.7 Å². The first-order valence-corrected chi connectivity index (χ1v) is 12.3. The van der Waals surface area contributed by atoms with Crippen LogP contribution in [0.25, 0.3) is 0 Å². The summed E-state index contributed by atoms with van der Waals surface area (Å²) in [6, 6.07) is 7.77. The molecule has 0 bridgehead atoms. The lowest BCUT2D eigenvalue weighted by Crippen LogP contribution is -2.49. The van der Waals surface area contributed by atoms with Gasteiger partial charge in [0.15, 0.2) is 0 Å². The summed E-state index contributed by atoms with van der Waals surface area (Å²) in [6.07, 6.45) is 8.53. The van der Waals surface area contributed by atoms with Crippen molar-refractivity contribution in [3.63, 3.8) is 0 Å². The third-order valence-corrected chi connectivity index (χ3v) is 7.55. The minimum Gasteiger partial charge on any atom is -0.497 e. The Morgan fingerprint density at radius 3 is 2.52 bits per heavy atom. The van der Waals surface area contributed by atoms with Crippen molar-refractivity contribution in [3.05, 3.63) is 29.8 Å². The zero-order valence-corrected chi connectivity index (χ0v) is 20.5. The van der Waals surface area contributed by atoms with Gasteiger partial charge in [0.1, 0.15) is 11.4 Å². The fraction of sp³-hybridized carbons (Fsp3) is 0.692. The van der Waals surface area contributed by atoms with E-state index < -0.39 is 11.7 Å². The number of nitrogens with one attached hydrogen (secondary N) is 1. The number of carbonyl (C=O) groups excluding carboxylic acids is 2. The minimum absolute atomic E-state index is 0.114. The molecule has 0 aromatic heterocycles. The Morgan fingerprint density at radius 2 is 1.85 bits per heavy atom. The van der Waals surface area contributed by atoms with Crippen LogP contribution in [-0.2, 0) is 15.1 Å². The maximum Gasteiger partial charge on any atom is 0.414 e. The number of carbonyl (C=O) groups is 2. The van der Waals surface area contributed by atoms with E-state index in [1.54, 1.807) is 7.11 Å². The quantitative estimate of drug-likeness (QED) is 0.605. The number of hydrogen-bond acceptors (Lipinski definition) is 6. The van der Waals surface area contributed by atoms with Crippen molar-refractivity contribution in [1.29, 1.82) is 0 Å². The third kappa shape index (κ3) is 6.27.